The summed E-state index contributed by atoms with van der Waals surface area (Å²) < 4.78 is 11.5. The van der Waals surface area contributed by atoms with Crippen molar-refractivity contribution in [2.75, 3.05) is 6.61 Å². The molecular weight excluding hydrogens is 358 g/mol. The number of carbonyl (C=O) groups is 2. The van der Waals surface area contributed by atoms with Crippen LogP contribution in [0.15, 0.2) is 0 Å². The van der Waals surface area contributed by atoms with Crippen molar-refractivity contribution < 1.29 is 24.2 Å². The molecule has 0 spiro atoms. The third-order valence-corrected chi connectivity index (χ3v) is 8.50. The summed E-state index contributed by atoms with van der Waals surface area (Å²) in [5, 5.41) is 13.4. The van der Waals surface area contributed by atoms with Crippen molar-refractivity contribution in [1.29, 1.82) is 0 Å². The fraction of sp³-hybridized carbons (Fsp3) is 0.909. The maximum atomic E-state index is 12.6. The number of amides is 1. The summed E-state index contributed by atoms with van der Waals surface area (Å²) in [5.74, 6) is 0.330. The van der Waals surface area contributed by atoms with E-state index in [1.54, 1.807) is 0 Å². The highest BCUT2D eigenvalue weighted by Gasteiger charge is 2.62. The molecule has 0 bridgehead atoms. The van der Waals surface area contributed by atoms with Gasteiger partial charge in [0.1, 0.15) is 12.2 Å². The molecule has 4 rings (SSSR count). The first-order valence-corrected chi connectivity index (χ1v) is 11.1. The van der Waals surface area contributed by atoms with Gasteiger partial charge in [-0.3, -0.25) is 4.79 Å². The van der Waals surface area contributed by atoms with E-state index in [0.717, 1.165) is 51.4 Å². The van der Waals surface area contributed by atoms with Crippen molar-refractivity contribution in [3.63, 3.8) is 0 Å². The van der Waals surface area contributed by atoms with Gasteiger partial charge >= 0.3 is 12.1 Å². The lowest BCUT2D eigenvalue weighted by Crippen LogP contribution is -2.60. The molecule has 0 aromatic carbocycles. The summed E-state index contributed by atoms with van der Waals surface area (Å²) >= 11 is 0. The number of hydrogen-bond acceptors (Lipinski definition) is 5. The van der Waals surface area contributed by atoms with Gasteiger partial charge in [-0.15, -0.1) is 0 Å². The lowest BCUT2D eigenvalue weighted by molar-refractivity contribution is -0.175. The molecule has 6 heteroatoms. The van der Waals surface area contributed by atoms with Crippen molar-refractivity contribution in [2.24, 2.45) is 22.7 Å². The van der Waals surface area contributed by atoms with E-state index in [2.05, 4.69) is 19.2 Å². The third-order valence-electron chi connectivity index (χ3n) is 8.50. The molecule has 1 amide bonds. The summed E-state index contributed by atoms with van der Waals surface area (Å²) in [7, 11) is 0. The lowest BCUT2D eigenvalue weighted by atomic mass is 9.46. The van der Waals surface area contributed by atoms with Gasteiger partial charge < -0.3 is 19.9 Å². The van der Waals surface area contributed by atoms with Crippen molar-refractivity contribution in [2.45, 2.75) is 96.3 Å². The van der Waals surface area contributed by atoms with Gasteiger partial charge in [-0.2, -0.15) is 0 Å². The summed E-state index contributed by atoms with van der Waals surface area (Å²) in [6.07, 6.45) is 8.82. The molecule has 1 aliphatic heterocycles. The first kappa shape index (κ1) is 20.0. The van der Waals surface area contributed by atoms with Gasteiger partial charge in [0.25, 0.3) is 0 Å². The van der Waals surface area contributed by atoms with Crippen LogP contribution in [0.2, 0.25) is 0 Å². The first-order chi connectivity index (χ1) is 13.4. The highest BCUT2D eigenvalue weighted by molar-refractivity contribution is 5.72. The number of aliphatic hydroxyl groups excluding tert-OH is 1. The number of carbonyl (C=O) groups excluding carboxylic acids is 2. The zero-order chi connectivity index (χ0) is 19.9. The monoisotopic (exact) mass is 393 g/mol. The topological polar surface area (TPSA) is 84.9 Å². The molecule has 1 unspecified atom stereocenters. The number of rotatable bonds is 3. The van der Waals surface area contributed by atoms with Gasteiger partial charge in [0, 0.05) is 17.4 Å². The number of esters is 1. The second-order valence-corrected chi connectivity index (χ2v) is 10.1. The van der Waals surface area contributed by atoms with Crippen LogP contribution in [0.5, 0.6) is 0 Å². The molecule has 3 aliphatic carbocycles. The molecule has 0 radical (unpaired) electrons. The largest absolute Gasteiger partial charge is 0.462 e. The number of alkyl carbamates (subject to hydrolysis) is 1. The Morgan fingerprint density at radius 3 is 2.64 bits per heavy atom. The van der Waals surface area contributed by atoms with E-state index in [4.69, 9.17) is 9.47 Å². The lowest BCUT2D eigenvalue weighted by Gasteiger charge is -2.59. The number of aliphatic hydroxyl groups is 1. The Bertz CT molecular complexity index is 618. The minimum Gasteiger partial charge on any atom is -0.462 e. The molecule has 1 heterocycles. The summed E-state index contributed by atoms with van der Waals surface area (Å²) in [6.45, 7) is 4.30. The normalized spacial score (nSPS) is 43.6. The average molecular weight is 394 g/mol. The number of fused-ring (bicyclic) bond motifs is 3. The number of ether oxygens (including phenoxy) is 2. The van der Waals surface area contributed by atoms with Crippen LogP contribution < -0.4 is 5.32 Å². The predicted octanol–water partition coefficient (Wildman–Crippen LogP) is 3.55. The molecule has 6 atom stereocenters. The standard InChI is InChI=1S/C22H35NO5/c1-21-11-10-18(28-20(26)23-14-6-4-3-5-7-14)22(2,13-24)17(21)9-8-16-15(21)12-19(25)27-16/h14-18,24H,3-13H2,1-2H3,(H,23,26)/t15-,16-,17?,18-,21+,22+/m1/s1. The maximum absolute atomic E-state index is 12.6. The molecule has 0 aromatic heterocycles. The summed E-state index contributed by atoms with van der Waals surface area (Å²) in [5.41, 5.74) is -0.556. The molecular formula is C22H35NO5. The van der Waals surface area contributed by atoms with E-state index in [1.165, 1.54) is 6.42 Å². The quantitative estimate of drug-likeness (QED) is 0.716. The van der Waals surface area contributed by atoms with E-state index in [1.807, 2.05) is 0 Å². The Morgan fingerprint density at radius 2 is 1.93 bits per heavy atom. The van der Waals surface area contributed by atoms with Gasteiger partial charge in [-0.1, -0.05) is 33.1 Å². The van der Waals surface area contributed by atoms with Crippen LogP contribution in [-0.2, 0) is 14.3 Å². The second-order valence-electron chi connectivity index (χ2n) is 10.1. The van der Waals surface area contributed by atoms with Crippen LogP contribution in [0, 0.1) is 22.7 Å². The van der Waals surface area contributed by atoms with Crippen LogP contribution in [0.4, 0.5) is 4.79 Å². The van der Waals surface area contributed by atoms with E-state index in [9.17, 15) is 14.7 Å². The SMILES string of the molecule is C[C@]1(CO)C2CC[C@H]3OC(=O)C[C@H]3[C@]2(C)CC[C@H]1OC(=O)NC1CCCCC1. The zero-order valence-corrected chi connectivity index (χ0v) is 17.2. The first-order valence-electron chi connectivity index (χ1n) is 11.1. The van der Waals surface area contributed by atoms with E-state index >= 15 is 0 Å². The molecule has 6 nitrogen and oxygen atoms in total. The van der Waals surface area contributed by atoms with Crippen LogP contribution in [0.3, 0.4) is 0 Å². The van der Waals surface area contributed by atoms with Gasteiger partial charge in [-0.05, 0) is 49.9 Å². The van der Waals surface area contributed by atoms with E-state index in [0.29, 0.717) is 6.42 Å². The van der Waals surface area contributed by atoms with Crippen molar-refractivity contribution in [3.8, 4) is 0 Å². The van der Waals surface area contributed by atoms with Gasteiger partial charge in [-0.25, -0.2) is 4.79 Å². The Hall–Kier alpha value is -1.30. The number of nitrogens with one attached hydrogen (secondary N) is 1. The fourth-order valence-corrected chi connectivity index (χ4v) is 6.87. The van der Waals surface area contributed by atoms with Crippen molar-refractivity contribution in [1.82, 2.24) is 5.32 Å². The summed E-state index contributed by atoms with van der Waals surface area (Å²) in [6, 6.07) is 0.215. The second kappa shape index (κ2) is 7.51. The zero-order valence-electron chi connectivity index (χ0n) is 17.2. The smallest absolute Gasteiger partial charge is 0.407 e. The Kier molecular flexibility index (Phi) is 5.36. The molecule has 3 saturated carbocycles. The molecule has 0 aromatic rings. The Balaban J connectivity index is 1.47. The Labute approximate surface area is 167 Å². The highest BCUT2D eigenvalue weighted by Crippen LogP contribution is 2.62. The van der Waals surface area contributed by atoms with Gasteiger partial charge in [0.2, 0.25) is 0 Å². The van der Waals surface area contributed by atoms with Gasteiger partial charge in [0.15, 0.2) is 0 Å². The van der Waals surface area contributed by atoms with Gasteiger partial charge in [0.05, 0.1) is 13.0 Å². The highest BCUT2D eigenvalue weighted by atomic mass is 16.6. The van der Waals surface area contributed by atoms with Crippen LogP contribution in [0.1, 0.15) is 78.1 Å². The Morgan fingerprint density at radius 1 is 1.18 bits per heavy atom. The molecule has 158 valence electrons. The fourth-order valence-electron chi connectivity index (χ4n) is 6.87. The van der Waals surface area contributed by atoms with Crippen molar-refractivity contribution in [3.05, 3.63) is 0 Å². The third kappa shape index (κ3) is 3.31. The number of hydrogen-bond donors (Lipinski definition) is 2. The molecule has 4 fully saturated rings. The maximum Gasteiger partial charge on any atom is 0.407 e. The van der Waals surface area contributed by atoms with E-state index < -0.39 is 5.41 Å². The molecule has 1 saturated heterocycles. The van der Waals surface area contributed by atoms with Crippen LogP contribution >= 0.6 is 0 Å². The molecule has 4 aliphatic rings. The van der Waals surface area contributed by atoms with Crippen molar-refractivity contribution >= 4 is 12.1 Å². The minimum absolute atomic E-state index is 0.0131. The summed E-state index contributed by atoms with van der Waals surface area (Å²) in [4.78, 5) is 24.5. The van der Waals surface area contributed by atoms with Crippen LogP contribution in [-0.4, -0.2) is 42.0 Å². The predicted molar refractivity (Wildman–Crippen MR) is 104 cm³/mol. The van der Waals surface area contributed by atoms with E-state index in [-0.39, 0.29) is 54.2 Å². The minimum atomic E-state index is -0.493. The molecule has 28 heavy (non-hydrogen) atoms. The molecule has 2 N–H and O–H groups in total. The van der Waals surface area contributed by atoms with Crippen LogP contribution in [0.25, 0.3) is 0 Å². The average Bonchev–Trinajstić information content (AvgIpc) is 3.07.